The van der Waals surface area contributed by atoms with Gasteiger partial charge in [0.25, 0.3) is 0 Å². The topological polar surface area (TPSA) is 129 Å². The predicted molar refractivity (Wildman–Crippen MR) is 322 cm³/mol. The average Bonchev–Trinajstić information content (AvgIpc) is 3.70. The van der Waals surface area contributed by atoms with Crippen molar-refractivity contribution in [3.8, 4) is 90.6 Å². The predicted octanol–water partition coefficient (Wildman–Crippen LogP) is 16.5. The van der Waals surface area contributed by atoms with Crippen molar-refractivity contribution >= 4 is 75.9 Å². The molecule has 0 aliphatic heterocycles. The normalized spacial score (nSPS) is 11.8. The van der Waals surface area contributed by atoms with Crippen LogP contribution in [0, 0.1) is 0 Å². The molecule has 0 bridgehead atoms. The number of hydrogen-bond acceptors (Lipinski definition) is 10. The van der Waals surface area contributed by atoms with Crippen LogP contribution < -0.4 is 0 Å². The zero-order valence-electron chi connectivity index (χ0n) is 42.6. The van der Waals surface area contributed by atoms with E-state index in [1.165, 1.54) is 0 Å². The number of nitrogens with zero attached hydrogens (tertiary/aromatic N) is 10. The summed E-state index contributed by atoms with van der Waals surface area (Å²) in [6, 6.07) is 75.5. The molecule has 6 heterocycles. The van der Waals surface area contributed by atoms with Crippen molar-refractivity contribution in [1.82, 2.24) is 49.8 Å². The molecule has 80 heavy (non-hydrogen) atoms. The summed E-state index contributed by atoms with van der Waals surface area (Å²) in [5.74, 6) is 3.29. The molecular formula is C70H40N10. The molecule has 0 unspecified atom stereocenters. The van der Waals surface area contributed by atoms with Gasteiger partial charge in [-0.05, 0) is 164 Å². The summed E-state index contributed by atoms with van der Waals surface area (Å²) in [6.45, 7) is 0. The van der Waals surface area contributed by atoms with Crippen molar-refractivity contribution in [3.63, 3.8) is 0 Å². The van der Waals surface area contributed by atoms with Crippen LogP contribution in [0.5, 0.6) is 0 Å². The summed E-state index contributed by atoms with van der Waals surface area (Å²) in [7, 11) is 0. The lowest BCUT2D eigenvalue weighted by Gasteiger charge is -2.21. The van der Waals surface area contributed by atoms with Crippen LogP contribution in [0.1, 0.15) is 0 Å². The Bertz CT molecular complexity index is 4630. The summed E-state index contributed by atoms with van der Waals surface area (Å²) in [6.07, 6.45) is 7.25. The summed E-state index contributed by atoms with van der Waals surface area (Å²) >= 11 is 0. The van der Waals surface area contributed by atoms with Crippen LogP contribution in [0.3, 0.4) is 0 Å². The standard InChI is InChI=1S/C70H40N10/c1-3-11-41(12-4-1)55-39-57(69-77-65(47-19-27-59-43(35-47)15-7-31-71-59)75-66(78-69)48-20-28-60-44(36-48)16-8-32-72-60)53-26-24-52-56(42-13-5-2-6-14-42)40-58(54-25-23-51(55)63(53)64(52)54)70-79-67(49-21-29-61-45(37-49)17-9-33-73-61)76-68(80-70)50-22-30-62-46(38-50)18-10-34-74-62/h1-40H. The minimum Gasteiger partial charge on any atom is -0.256 e. The molecule has 370 valence electrons. The van der Waals surface area contributed by atoms with Gasteiger partial charge in [0.2, 0.25) is 0 Å². The Balaban J connectivity index is 0.996. The molecule has 0 fully saturated rings. The molecule has 0 N–H and O–H groups in total. The fraction of sp³-hybridized carbons (Fsp3) is 0. The van der Waals surface area contributed by atoms with Crippen molar-refractivity contribution in [2.45, 2.75) is 0 Å². The van der Waals surface area contributed by atoms with Crippen LogP contribution in [0.25, 0.3) is 167 Å². The maximum atomic E-state index is 5.44. The molecule has 0 amide bonds. The smallest absolute Gasteiger partial charge is 0.164 e. The Kier molecular flexibility index (Phi) is 10.3. The molecule has 0 spiro atoms. The fourth-order valence-corrected chi connectivity index (χ4v) is 11.4. The van der Waals surface area contributed by atoms with Crippen molar-refractivity contribution in [2.24, 2.45) is 0 Å². The van der Waals surface area contributed by atoms with E-state index in [2.05, 4.69) is 166 Å². The minimum atomic E-state index is 0.545. The van der Waals surface area contributed by atoms with Crippen LogP contribution in [0.2, 0.25) is 0 Å². The first kappa shape index (κ1) is 45.1. The van der Waals surface area contributed by atoms with E-state index in [1.54, 1.807) is 0 Å². The summed E-state index contributed by atoms with van der Waals surface area (Å²) in [5, 5.41) is 10.3. The largest absolute Gasteiger partial charge is 0.256 e. The number of benzene rings is 10. The molecule has 0 saturated carbocycles. The third-order valence-electron chi connectivity index (χ3n) is 15.3. The first-order valence-corrected chi connectivity index (χ1v) is 26.4. The summed E-state index contributed by atoms with van der Waals surface area (Å²) in [4.78, 5) is 50.7. The van der Waals surface area contributed by atoms with Crippen molar-refractivity contribution in [1.29, 1.82) is 0 Å². The second-order valence-corrected chi connectivity index (χ2v) is 20.0. The Morgan fingerprint density at radius 2 is 0.487 bits per heavy atom. The molecule has 0 saturated heterocycles. The number of aromatic nitrogens is 10. The molecule has 0 atom stereocenters. The SMILES string of the molecule is c1ccc(-c2cc(-c3nc(-c4ccc5ncccc5c4)nc(-c4ccc5ncccc5c4)n3)c3ccc4c(-c5ccccc5)cc(-c5nc(-c6ccc7ncccc7c6)nc(-c6ccc7ncccc7c6)n5)c5ccc2c3c45)cc1. The van der Waals surface area contributed by atoms with E-state index in [-0.39, 0.29) is 0 Å². The molecule has 10 heteroatoms. The molecule has 16 rings (SSSR count). The lowest BCUT2D eigenvalue weighted by atomic mass is 9.83. The minimum absolute atomic E-state index is 0.545. The quantitative estimate of drug-likeness (QED) is 0.136. The van der Waals surface area contributed by atoms with E-state index in [1.807, 2.05) is 97.6 Å². The Morgan fingerprint density at radius 3 is 0.800 bits per heavy atom. The van der Waals surface area contributed by atoms with E-state index in [0.717, 1.165) is 132 Å². The van der Waals surface area contributed by atoms with Gasteiger partial charge in [-0.3, -0.25) is 19.9 Å². The third kappa shape index (κ3) is 7.65. The highest BCUT2D eigenvalue weighted by Gasteiger charge is 2.25. The monoisotopic (exact) mass is 1020 g/mol. The van der Waals surface area contributed by atoms with Crippen molar-refractivity contribution in [2.75, 3.05) is 0 Å². The third-order valence-corrected chi connectivity index (χ3v) is 15.3. The molecule has 6 aromatic heterocycles. The van der Waals surface area contributed by atoms with Gasteiger partial charge < -0.3 is 0 Å². The Hall–Kier alpha value is -11.1. The van der Waals surface area contributed by atoms with E-state index in [9.17, 15) is 0 Å². The highest BCUT2D eigenvalue weighted by molar-refractivity contribution is 6.31. The van der Waals surface area contributed by atoms with Gasteiger partial charge in [-0.25, -0.2) is 29.9 Å². The first-order chi connectivity index (χ1) is 39.6. The summed E-state index contributed by atoms with van der Waals surface area (Å²) in [5.41, 5.74) is 13.0. The molecule has 0 aliphatic carbocycles. The number of hydrogen-bond donors (Lipinski definition) is 0. The van der Waals surface area contributed by atoms with Crippen LogP contribution in [-0.2, 0) is 0 Å². The lowest BCUT2D eigenvalue weighted by molar-refractivity contribution is 1.08. The number of pyridine rings is 4. The van der Waals surface area contributed by atoms with Gasteiger partial charge in [0.1, 0.15) is 0 Å². The molecule has 10 aromatic carbocycles. The van der Waals surface area contributed by atoms with Crippen molar-refractivity contribution < 1.29 is 0 Å². The maximum Gasteiger partial charge on any atom is 0.164 e. The van der Waals surface area contributed by atoms with E-state index < -0.39 is 0 Å². The second-order valence-electron chi connectivity index (χ2n) is 20.0. The Morgan fingerprint density at radius 1 is 0.200 bits per heavy atom. The van der Waals surface area contributed by atoms with Crippen LogP contribution in [0.15, 0.2) is 243 Å². The van der Waals surface area contributed by atoms with Crippen molar-refractivity contribution in [3.05, 3.63) is 243 Å². The van der Waals surface area contributed by atoms with Gasteiger partial charge in [0.05, 0.1) is 22.1 Å². The fourth-order valence-electron chi connectivity index (χ4n) is 11.4. The molecule has 16 aromatic rings. The lowest BCUT2D eigenvalue weighted by Crippen LogP contribution is -2.03. The average molecular weight is 1020 g/mol. The van der Waals surface area contributed by atoms with Gasteiger partial charge in [-0.1, -0.05) is 109 Å². The van der Waals surface area contributed by atoms with Crippen LogP contribution >= 0.6 is 0 Å². The number of rotatable bonds is 8. The number of fused-ring (bicyclic) bond motifs is 4. The van der Waals surface area contributed by atoms with Gasteiger partial charge in [-0.2, -0.15) is 0 Å². The van der Waals surface area contributed by atoms with E-state index >= 15 is 0 Å². The van der Waals surface area contributed by atoms with Gasteiger partial charge >= 0.3 is 0 Å². The zero-order chi connectivity index (χ0) is 52.7. The first-order valence-electron chi connectivity index (χ1n) is 26.4. The maximum absolute atomic E-state index is 5.44. The highest BCUT2D eigenvalue weighted by Crippen LogP contribution is 2.48. The molecular weight excluding hydrogens is 981 g/mol. The Labute approximate surface area is 457 Å². The van der Waals surface area contributed by atoms with Crippen LogP contribution in [-0.4, -0.2) is 49.8 Å². The molecule has 0 aliphatic rings. The van der Waals surface area contributed by atoms with Gasteiger partial charge in [0, 0.05) is 79.7 Å². The highest BCUT2D eigenvalue weighted by atomic mass is 15.0. The van der Waals surface area contributed by atoms with Crippen LogP contribution in [0.4, 0.5) is 0 Å². The van der Waals surface area contributed by atoms with E-state index in [0.29, 0.717) is 34.9 Å². The van der Waals surface area contributed by atoms with Gasteiger partial charge in [0.15, 0.2) is 34.9 Å². The van der Waals surface area contributed by atoms with E-state index in [4.69, 9.17) is 29.9 Å². The zero-order valence-corrected chi connectivity index (χ0v) is 42.6. The second kappa shape index (κ2) is 18.3. The molecule has 10 nitrogen and oxygen atoms in total. The summed E-state index contributed by atoms with van der Waals surface area (Å²) < 4.78 is 0. The molecule has 0 radical (unpaired) electrons. The van der Waals surface area contributed by atoms with Gasteiger partial charge in [-0.15, -0.1) is 0 Å².